The summed E-state index contributed by atoms with van der Waals surface area (Å²) in [7, 11) is 2.28. The first-order chi connectivity index (χ1) is 11.6. The van der Waals surface area contributed by atoms with E-state index in [9.17, 15) is 0 Å². The van der Waals surface area contributed by atoms with Crippen LogP contribution in [0.1, 0.15) is 31.2 Å². The topological polar surface area (TPSA) is 54.2 Å². The molecule has 4 heteroatoms. The quantitative estimate of drug-likeness (QED) is 0.847. The van der Waals surface area contributed by atoms with Crippen molar-refractivity contribution in [2.24, 2.45) is 0 Å². The Morgan fingerprint density at radius 3 is 2.50 bits per heavy atom. The van der Waals surface area contributed by atoms with Crippen molar-refractivity contribution in [2.45, 2.75) is 50.7 Å². The van der Waals surface area contributed by atoms with Gasteiger partial charge in [-0.2, -0.15) is 0 Å². The molecule has 0 radical (unpaired) electrons. The number of hydrogen-bond donors (Lipinski definition) is 2. The van der Waals surface area contributed by atoms with Gasteiger partial charge in [-0.05, 0) is 69.5 Å². The zero-order valence-electron chi connectivity index (χ0n) is 14.5. The third-order valence-corrected chi connectivity index (χ3v) is 5.80. The second kappa shape index (κ2) is 6.10. The monoisotopic (exact) mass is 322 g/mol. The molecule has 0 saturated carbocycles. The van der Waals surface area contributed by atoms with Crippen LogP contribution in [0.5, 0.6) is 0 Å². The van der Waals surface area contributed by atoms with Crippen molar-refractivity contribution in [2.75, 3.05) is 18.1 Å². The Morgan fingerprint density at radius 1 is 1.12 bits per heavy atom. The lowest BCUT2D eigenvalue weighted by Gasteiger charge is -2.37. The predicted molar refractivity (Wildman–Crippen MR) is 100 cm³/mol. The van der Waals surface area contributed by atoms with Gasteiger partial charge in [-0.25, -0.2) is 0 Å². The summed E-state index contributed by atoms with van der Waals surface area (Å²) < 4.78 is 0. The summed E-state index contributed by atoms with van der Waals surface area (Å²) >= 11 is 0. The second-order valence-corrected chi connectivity index (χ2v) is 7.37. The number of aromatic nitrogens is 1. The Morgan fingerprint density at radius 2 is 1.88 bits per heavy atom. The molecule has 2 aromatic rings. The van der Waals surface area contributed by atoms with Crippen LogP contribution in [0.2, 0.25) is 0 Å². The number of fused-ring (bicyclic) bond motifs is 2. The molecule has 2 saturated heterocycles. The lowest BCUT2D eigenvalue weighted by Crippen LogP contribution is -2.44. The molecule has 2 bridgehead atoms. The molecule has 4 rings (SSSR count). The number of piperidine rings is 1. The summed E-state index contributed by atoms with van der Waals surface area (Å²) in [6, 6.07) is 12.4. The smallest absolute Gasteiger partial charge is 0.0703 e. The molecule has 126 valence electrons. The van der Waals surface area contributed by atoms with Gasteiger partial charge in [0.05, 0.1) is 17.6 Å². The Kier molecular flexibility index (Phi) is 3.93. The molecular formula is C20H26N4. The molecule has 2 fully saturated rings. The molecule has 2 aliphatic heterocycles. The van der Waals surface area contributed by atoms with Gasteiger partial charge in [-0.3, -0.25) is 4.98 Å². The van der Waals surface area contributed by atoms with Crippen molar-refractivity contribution < 1.29 is 0 Å². The number of rotatable bonds is 3. The van der Waals surface area contributed by atoms with E-state index in [4.69, 9.17) is 5.73 Å². The van der Waals surface area contributed by atoms with Crippen LogP contribution in [0.4, 0.5) is 11.4 Å². The van der Waals surface area contributed by atoms with E-state index in [-0.39, 0.29) is 0 Å². The number of nitrogen functional groups attached to an aromatic ring is 1. The van der Waals surface area contributed by atoms with Gasteiger partial charge in [0, 0.05) is 29.4 Å². The van der Waals surface area contributed by atoms with E-state index in [2.05, 4.69) is 40.4 Å². The second-order valence-electron chi connectivity index (χ2n) is 7.37. The minimum absolute atomic E-state index is 0.574. The molecule has 0 spiro atoms. The number of hydrogen-bond acceptors (Lipinski definition) is 4. The Bertz CT molecular complexity index is 711. The highest BCUT2D eigenvalue weighted by Crippen LogP contribution is 2.35. The van der Waals surface area contributed by atoms with Crippen LogP contribution in [-0.4, -0.2) is 35.1 Å². The van der Waals surface area contributed by atoms with Gasteiger partial charge in [0.25, 0.3) is 0 Å². The highest BCUT2D eigenvalue weighted by Gasteiger charge is 2.38. The molecule has 4 nitrogen and oxygen atoms in total. The number of nitrogens with two attached hydrogens (primary N) is 1. The maximum atomic E-state index is 5.90. The van der Waals surface area contributed by atoms with Gasteiger partial charge < -0.3 is 16.0 Å². The Balaban J connectivity index is 1.45. The summed E-state index contributed by atoms with van der Waals surface area (Å²) in [6.45, 7) is 2.03. The standard InChI is InChI=1S/C20H26N4/c1-13-9-14(3-7-19(13)21)20-8-4-15(12-22-20)23-16-10-17-5-6-18(11-16)24(17)2/h3-4,7-9,12,16-18,23H,5-6,10-11,21H2,1-2H3. The number of pyridine rings is 1. The lowest BCUT2D eigenvalue weighted by molar-refractivity contribution is 0.169. The van der Waals surface area contributed by atoms with Crippen LogP contribution in [0.15, 0.2) is 36.5 Å². The van der Waals surface area contributed by atoms with Crippen molar-refractivity contribution in [1.82, 2.24) is 9.88 Å². The molecule has 3 N–H and O–H groups in total. The van der Waals surface area contributed by atoms with Crippen LogP contribution in [0, 0.1) is 6.92 Å². The molecular weight excluding hydrogens is 296 g/mol. The number of nitrogens with zero attached hydrogens (tertiary/aromatic N) is 2. The van der Waals surface area contributed by atoms with Gasteiger partial charge in [0.15, 0.2) is 0 Å². The normalized spacial score (nSPS) is 26.5. The van der Waals surface area contributed by atoms with E-state index >= 15 is 0 Å². The SMILES string of the molecule is Cc1cc(-c2ccc(NC3CC4CCC(C3)N4C)cn2)ccc1N. The van der Waals surface area contributed by atoms with Crippen molar-refractivity contribution in [3.8, 4) is 11.3 Å². The summed E-state index contributed by atoms with van der Waals surface area (Å²) in [4.78, 5) is 7.21. The van der Waals surface area contributed by atoms with Gasteiger partial charge >= 0.3 is 0 Å². The van der Waals surface area contributed by atoms with E-state index in [1.807, 2.05) is 25.3 Å². The Labute approximate surface area is 144 Å². The minimum atomic E-state index is 0.574. The zero-order chi connectivity index (χ0) is 16.7. The molecule has 2 aliphatic rings. The molecule has 3 heterocycles. The third kappa shape index (κ3) is 2.86. The van der Waals surface area contributed by atoms with Crippen molar-refractivity contribution in [1.29, 1.82) is 0 Å². The predicted octanol–water partition coefficient (Wildman–Crippen LogP) is 3.68. The van der Waals surface area contributed by atoms with E-state index in [1.165, 1.54) is 25.7 Å². The van der Waals surface area contributed by atoms with Crippen molar-refractivity contribution in [3.63, 3.8) is 0 Å². The van der Waals surface area contributed by atoms with Crippen LogP contribution in [0.3, 0.4) is 0 Å². The zero-order valence-corrected chi connectivity index (χ0v) is 14.5. The third-order valence-electron chi connectivity index (χ3n) is 5.80. The fourth-order valence-electron chi connectivity index (χ4n) is 4.25. The summed E-state index contributed by atoms with van der Waals surface area (Å²) in [5, 5.41) is 3.69. The maximum Gasteiger partial charge on any atom is 0.0703 e. The first-order valence-corrected chi connectivity index (χ1v) is 8.91. The fraction of sp³-hybridized carbons (Fsp3) is 0.450. The maximum absolute atomic E-state index is 5.90. The fourth-order valence-corrected chi connectivity index (χ4v) is 4.25. The highest BCUT2D eigenvalue weighted by molar-refractivity contribution is 5.65. The molecule has 2 unspecified atom stereocenters. The van der Waals surface area contributed by atoms with Gasteiger partial charge in [-0.1, -0.05) is 6.07 Å². The van der Waals surface area contributed by atoms with E-state index < -0.39 is 0 Å². The van der Waals surface area contributed by atoms with Crippen LogP contribution < -0.4 is 11.1 Å². The van der Waals surface area contributed by atoms with Gasteiger partial charge in [0.2, 0.25) is 0 Å². The molecule has 0 amide bonds. The molecule has 1 aromatic carbocycles. The van der Waals surface area contributed by atoms with Gasteiger partial charge in [0.1, 0.15) is 0 Å². The van der Waals surface area contributed by atoms with Crippen LogP contribution in [-0.2, 0) is 0 Å². The minimum Gasteiger partial charge on any atom is -0.399 e. The van der Waals surface area contributed by atoms with Crippen molar-refractivity contribution in [3.05, 3.63) is 42.1 Å². The van der Waals surface area contributed by atoms with Gasteiger partial charge in [-0.15, -0.1) is 0 Å². The highest BCUT2D eigenvalue weighted by atomic mass is 15.2. The number of anilines is 2. The molecule has 1 aromatic heterocycles. The summed E-state index contributed by atoms with van der Waals surface area (Å²) in [5.74, 6) is 0. The molecule has 2 atom stereocenters. The first kappa shape index (κ1) is 15.5. The van der Waals surface area contributed by atoms with E-state index in [1.54, 1.807) is 0 Å². The molecule has 24 heavy (non-hydrogen) atoms. The largest absolute Gasteiger partial charge is 0.399 e. The number of nitrogens with one attached hydrogen (secondary N) is 1. The van der Waals surface area contributed by atoms with E-state index in [0.29, 0.717) is 6.04 Å². The first-order valence-electron chi connectivity index (χ1n) is 8.91. The number of aryl methyl sites for hydroxylation is 1. The molecule has 0 aliphatic carbocycles. The average molecular weight is 322 g/mol. The van der Waals surface area contributed by atoms with E-state index in [0.717, 1.165) is 40.3 Å². The van der Waals surface area contributed by atoms with Crippen LogP contribution >= 0.6 is 0 Å². The van der Waals surface area contributed by atoms with Crippen molar-refractivity contribution >= 4 is 11.4 Å². The van der Waals surface area contributed by atoms with Crippen LogP contribution in [0.25, 0.3) is 11.3 Å². The summed E-state index contributed by atoms with van der Waals surface area (Å²) in [5.41, 5.74) is 11.1. The average Bonchev–Trinajstić information content (AvgIpc) is 2.80. The lowest BCUT2D eigenvalue weighted by atomic mass is 9.98. The number of benzene rings is 1. The Hall–Kier alpha value is -2.07. The summed E-state index contributed by atoms with van der Waals surface area (Å²) in [6.07, 6.45) is 7.15.